The van der Waals surface area contributed by atoms with Gasteiger partial charge in [0.2, 0.25) is 0 Å². The molecule has 1 aromatic rings. The summed E-state index contributed by atoms with van der Waals surface area (Å²) >= 11 is 0. The lowest BCUT2D eigenvalue weighted by Crippen LogP contribution is -2.28. The summed E-state index contributed by atoms with van der Waals surface area (Å²) in [7, 11) is 1.64. The summed E-state index contributed by atoms with van der Waals surface area (Å²) in [6.45, 7) is 2.53. The summed E-state index contributed by atoms with van der Waals surface area (Å²) in [5, 5.41) is 10.7. The number of nitrogen functional groups attached to an aromatic ring is 1. The van der Waals surface area contributed by atoms with Crippen molar-refractivity contribution in [3.05, 3.63) is 33.9 Å². The van der Waals surface area contributed by atoms with E-state index in [9.17, 15) is 14.9 Å². The molecule has 0 heterocycles. The monoisotopic (exact) mass is 237 g/mol. The zero-order chi connectivity index (χ0) is 13.0. The van der Waals surface area contributed by atoms with Gasteiger partial charge in [0.05, 0.1) is 10.5 Å². The summed E-state index contributed by atoms with van der Waals surface area (Å²) < 4.78 is 0. The van der Waals surface area contributed by atoms with E-state index < -0.39 is 4.92 Å². The molecule has 0 fully saturated rings. The number of benzene rings is 1. The molecule has 92 valence electrons. The van der Waals surface area contributed by atoms with E-state index >= 15 is 0 Å². The molecule has 1 amide bonds. The highest BCUT2D eigenvalue weighted by atomic mass is 16.6. The molecule has 0 unspecified atom stereocenters. The molecule has 0 saturated carbocycles. The lowest BCUT2D eigenvalue weighted by atomic mass is 10.1. The van der Waals surface area contributed by atoms with Crippen LogP contribution in [0.2, 0.25) is 0 Å². The van der Waals surface area contributed by atoms with Crippen LogP contribution in [-0.4, -0.2) is 29.3 Å². The number of amides is 1. The Bertz CT molecular complexity index is 446. The number of nitrogens with zero attached hydrogens (tertiary/aromatic N) is 2. The van der Waals surface area contributed by atoms with Gasteiger partial charge in [-0.15, -0.1) is 0 Å². The average molecular weight is 237 g/mol. The maximum Gasteiger partial charge on any atom is 0.292 e. The molecule has 6 nitrogen and oxygen atoms in total. The van der Waals surface area contributed by atoms with Crippen molar-refractivity contribution >= 4 is 17.3 Å². The van der Waals surface area contributed by atoms with Crippen molar-refractivity contribution < 1.29 is 9.72 Å². The highest BCUT2D eigenvalue weighted by molar-refractivity contribution is 6.00. The second-order valence-electron chi connectivity index (χ2n) is 3.72. The van der Waals surface area contributed by atoms with Gasteiger partial charge in [0.1, 0.15) is 5.69 Å². The molecule has 0 aliphatic rings. The molecule has 17 heavy (non-hydrogen) atoms. The number of hydrogen-bond acceptors (Lipinski definition) is 4. The molecule has 1 rings (SSSR count). The minimum absolute atomic E-state index is 0.0783. The smallest absolute Gasteiger partial charge is 0.292 e. The van der Waals surface area contributed by atoms with E-state index in [4.69, 9.17) is 5.73 Å². The number of nitro benzene ring substituents is 1. The van der Waals surface area contributed by atoms with Crippen LogP contribution >= 0.6 is 0 Å². The Kier molecular flexibility index (Phi) is 4.03. The Morgan fingerprint density at radius 1 is 1.53 bits per heavy atom. The van der Waals surface area contributed by atoms with Crippen molar-refractivity contribution in [3.8, 4) is 0 Å². The van der Waals surface area contributed by atoms with E-state index in [0.29, 0.717) is 6.54 Å². The zero-order valence-corrected chi connectivity index (χ0v) is 9.84. The fraction of sp³-hybridized carbons (Fsp3) is 0.364. The maximum atomic E-state index is 12.0. The first-order valence-corrected chi connectivity index (χ1v) is 5.27. The molecule has 0 spiro atoms. The predicted octanol–water partition coefficient (Wildman–Crippen LogP) is 1.66. The van der Waals surface area contributed by atoms with E-state index in [1.54, 1.807) is 7.05 Å². The number of nitrogens with two attached hydrogens (primary N) is 1. The van der Waals surface area contributed by atoms with Crippen LogP contribution in [0.3, 0.4) is 0 Å². The summed E-state index contributed by atoms with van der Waals surface area (Å²) in [5.74, 6) is -0.298. The number of anilines is 1. The maximum absolute atomic E-state index is 12.0. The Labute approximate surface area is 99.2 Å². The van der Waals surface area contributed by atoms with Crippen LogP contribution in [-0.2, 0) is 0 Å². The van der Waals surface area contributed by atoms with Gasteiger partial charge in [-0.1, -0.05) is 13.0 Å². The van der Waals surface area contributed by atoms with Crippen LogP contribution in [0, 0.1) is 10.1 Å². The number of rotatable bonds is 4. The lowest BCUT2D eigenvalue weighted by molar-refractivity contribution is -0.383. The molecule has 0 aromatic heterocycles. The van der Waals surface area contributed by atoms with Gasteiger partial charge in [0, 0.05) is 19.7 Å². The number of carbonyl (C=O) groups excluding carboxylic acids is 1. The van der Waals surface area contributed by atoms with E-state index in [-0.39, 0.29) is 22.8 Å². The summed E-state index contributed by atoms with van der Waals surface area (Å²) in [6.07, 6.45) is 0.817. The second kappa shape index (κ2) is 5.29. The predicted molar refractivity (Wildman–Crippen MR) is 64.8 cm³/mol. The zero-order valence-electron chi connectivity index (χ0n) is 9.84. The Hall–Kier alpha value is -2.11. The van der Waals surface area contributed by atoms with E-state index in [1.165, 1.54) is 23.1 Å². The standard InChI is InChI=1S/C11H15N3O3/c1-3-7-13(2)11(15)8-5-4-6-9(10(8)12)14(16)17/h4-6H,3,7,12H2,1-2H3. The van der Waals surface area contributed by atoms with Crippen LogP contribution in [0.15, 0.2) is 18.2 Å². The second-order valence-corrected chi connectivity index (χ2v) is 3.72. The quantitative estimate of drug-likeness (QED) is 0.490. The van der Waals surface area contributed by atoms with Crippen molar-refractivity contribution in [2.24, 2.45) is 0 Å². The van der Waals surface area contributed by atoms with E-state index in [0.717, 1.165) is 6.42 Å². The molecular formula is C11H15N3O3. The van der Waals surface area contributed by atoms with Gasteiger partial charge in [-0.2, -0.15) is 0 Å². The van der Waals surface area contributed by atoms with Gasteiger partial charge in [0.15, 0.2) is 0 Å². The highest BCUT2D eigenvalue weighted by Crippen LogP contribution is 2.25. The van der Waals surface area contributed by atoms with Gasteiger partial charge < -0.3 is 10.6 Å². The van der Waals surface area contributed by atoms with E-state index in [2.05, 4.69) is 0 Å². The van der Waals surface area contributed by atoms with Gasteiger partial charge in [-0.3, -0.25) is 14.9 Å². The van der Waals surface area contributed by atoms with E-state index in [1.807, 2.05) is 6.92 Å². The molecule has 6 heteroatoms. The van der Waals surface area contributed by atoms with Gasteiger partial charge in [-0.05, 0) is 12.5 Å². The SMILES string of the molecule is CCCN(C)C(=O)c1cccc([N+](=O)[O-])c1N. The first-order valence-electron chi connectivity index (χ1n) is 5.27. The normalized spacial score (nSPS) is 10.0. The first kappa shape index (κ1) is 13.0. The van der Waals surface area contributed by atoms with Gasteiger partial charge in [-0.25, -0.2) is 0 Å². The Balaban J connectivity index is 3.10. The van der Waals surface area contributed by atoms with Crippen LogP contribution in [0.5, 0.6) is 0 Å². The highest BCUT2D eigenvalue weighted by Gasteiger charge is 2.20. The molecule has 0 saturated heterocycles. The fourth-order valence-corrected chi connectivity index (χ4v) is 1.54. The molecule has 0 aliphatic heterocycles. The van der Waals surface area contributed by atoms with Crippen molar-refractivity contribution in [2.45, 2.75) is 13.3 Å². The third-order valence-electron chi connectivity index (χ3n) is 2.42. The number of para-hydroxylation sites is 1. The largest absolute Gasteiger partial charge is 0.393 e. The van der Waals surface area contributed by atoms with Crippen LogP contribution in [0.1, 0.15) is 23.7 Å². The summed E-state index contributed by atoms with van der Waals surface area (Å²) in [5.41, 5.74) is 5.49. The van der Waals surface area contributed by atoms with Crippen molar-refractivity contribution in [2.75, 3.05) is 19.3 Å². The number of carbonyl (C=O) groups is 1. The van der Waals surface area contributed by atoms with Crippen molar-refractivity contribution in [1.29, 1.82) is 0 Å². The van der Waals surface area contributed by atoms with Crippen LogP contribution < -0.4 is 5.73 Å². The molecule has 0 bridgehead atoms. The van der Waals surface area contributed by atoms with Crippen molar-refractivity contribution in [3.63, 3.8) is 0 Å². The minimum atomic E-state index is -0.591. The molecule has 0 radical (unpaired) electrons. The molecule has 2 N–H and O–H groups in total. The molecule has 0 atom stereocenters. The lowest BCUT2D eigenvalue weighted by Gasteiger charge is -2.16. The van der Waals surface area contributed by atoms with Crippen LogP contribution in [0.25, 0.3) is 0 Å². The first-order chi connectivity index (χ1) is 7.99. The Morgan fingerprint density at radius 3 is 2.71 bits per heavy atom. The fourth-order valence-electron chi connectivity index (χ4n) is 1.54. The van der Waals surface area contributed by atoms with Gasteiger partial charge >= 0.3 is 0 Å². The van der Waals surface area contributed by atoms with Crippen LogP contribution in [0.4, 0.5) is 11.4 Å². The summed E-state index contributed by atoms with van der Waals surface area (Å²) in [4.78, 5) is 23.6. The molecule has 0 aliphatic carbocycles. The third-order valence-corrected chi connectivity index (χ3v) is 2.42. The minimum Gasteiger partial charge on any atom is -0.393 e. The molecule has 1 aromatic carbocycles. The number of hydrogen-bond donors (Lipinski definition) is 1. The Morgan fingerprint density at radius 2 is 2.18 bits per heavy atom. The number of nitro groups is 1. The third kappa shape index (κ3) is 2.72. The molecular weight excluding hydrogens is 222 g/mol. The van der Waals surface area contributed by atoms with Crippen molar-refractivity contribution in [1.82, 2.24) is 4.90 Å². The average Bonchev–Trinajstić information content (AvgIpc) is 2.28. The van der Waals surface area contributed by atoms with Gasteiger partial charge in [0.25, 0.3) is 11.6 Å². The summed E-state index contributed by atoms with van der Waals surface area (Å²) in [6, 6.07) is 4.24. The topological polar surface area (TPSA) is 89.5 Å².